The highest BCUT2D eigenvalue weighted by molar-refractivity contribution is 6.04. The van der Waals surface area contributed by atoms with Crippen LogP contribution in [0, 0.1) is 0 Å². The van der Waals surface area contributed by atoms with Crippen molar-refractivity contribution in [3.63, 3.8) is 0 Å². The topological polar surface area (TPSA) is 79.1 Å². The van der Waals surface area contributed by atoms with Crippen LogP contribution < -0.4 is 4.74 Å². The van der Waals surface area contributed by atoms with E-state index in [1.807, 2.05) is 24.3 Å². The van der Waals surface area contributed by atoms with Crippen LogP contribution in [0.5, 0.6) is 17.2 Å². The van der Waals surface area contributed by atoms with Gasteiger partial charge in [0.05, 0.1) is 12.7 Å². The van der Waals surface area contributed by atoms with Gasteiger partial charge < -0.3 is 14.9 Å². The van der Waals surface area contributed by atoms with E-state index in [1.54, 1.807) is 24.3 Å². The van der Waals surface area contributed by atoms with Gasteiger partial charge in [0.25, 0.3) is 0 Å². The van der Waals surface area contributed by atoms with Gasteiger partial charge in [0.1, 0.15) is 23.8 Å². The first-order valence-electron chi connectivity index (χ1n) is 7.70. The van der Waals surface area contributed by atoms with Gasteiger partial charge in [0.2, 0.25) is 0 Å². The van der Waals surface area contributed by atoms with E-state index in [0.717, 1.165) is 10.8 Å². The molecule has 0 aromatic heterocycles. The average Bonchev–Trinajstić information content (AvgIpc) is 2.62. The zero-order valence-corrected chi connectivity index (χ0v) is 13.6. The molecule has 0 atom stereocenters. The maximum absolute atomic E-state index is 12.3. The van der Waals surface area contributed by atoms with Crippen molar-refractivity contribution in [3.8, 4) is 17.2 Å². The fourth-order valence-electron chi connectivity index (χ4n) is 2.53. The molecule has 5 heteroatoms. The molecule has 25 heavy (non-hydrogen) atoms. The predicted molar refractivity (Wildman–Crippen MR) is 97.1 cm³/mol. The number of ether oxygens (including phenoxy) is 1. The Bertz CT molecular complexity index is 963. The Morgan fingerprint density at radius 2 is 1.76 bits per heavy atom. The van der Waals surface area contributed by atoms with E-state index in [2.05, 4.69) is 4.99 Å². The lowest BCUT2D eigenvalue weighted by molar-refractivity contribution is 0.1000. The minimum Gasteiger partial charge on any atom is -0.507 e. The van der Waals surface area contributed by atoms with Gasteiger partial charge in [-0.2, -0.15) is 0 Å². The Hall–Kier alpha value is -3.34. The molecule has 0 spiro atoms. The largest absolute Gasteiger partial charge is 0.507 e. The van der Waals surface area contributed by atoms with Crippen LogP contribution in [-0.4, -0.2) is 35.9 Å². The second-order valence-corrected chi connectivity index (χ2v) is 5.53. The number of fused-ring (bicyclic) bond motifs is 1. The summed E-state index contributed by atoms with van der Waals surface area (Å²) >= 11 is 0. The molecule has 0 heterocycles. The van der Waals surface area contributed by atoms with Gasteiger partial charge in [-0.05, 0) is 41.1 Å². The van der Waals surface area contributed by atoms with Crippen molar-refractivity contribution in [2.24, 2.45) is 4.99 Å². The van der Waals surface area contributed by atoms with E-state index in [1.165, 1.54) is 19.4 Å². The summed E-state index contributed by atoms with van der Waals surface area (Å²) in [5.41, 5.74) is 0.681. The molecule has 2 N–H and O–H groups in total. The number of phenolic OH excluding ortho intramolecular Hbond substituents is 2. The minimum absolute atomic E-state index is 0.0468. The highest BCUT2D eigenvalue weighted by Gasteiger charge is 2.12. The molecule has 3 aromatic rings. The lowest BCUT2D eigenvalue weighted by Crippen LogP contribution is -2.04. The van der Waals surface area contributed by atoms with Crippen LogP contribution >= 0.6 is 0 Å². The monoisotopic (exact) mass is 335 g/mol. The minimum atomic E-state index is -0.304. The van der Waals surface area contributed by atoms with E-state index < -0.39 is 0 Å². The van der Waals surface area contributed by atoms with Crippen molar-refractivity contribution in [1.82, 2.24) is 0 Å². The quantitative estimate of drug-likeness (QED) is 0.552. The van der Waals surface area contributed by atoms with Crippen molar-refractivity contribution >= 4 is 22.8 Å². The molecule has 126 valence electrons. The Morgan fingerprint density at radius 3 is 2.48 bits per heavy atom. The lowest BCUT2D eigenvalue weighted by atomic mass is 10.0. The van der Waals surface area contributed by atoms with Crippen LogP contribution in [0.25, 0.3) is 10.8 Å². The number of benzene rings is 3. The van der Waals surface area contributed by atoms with Gasteiger partial charge in [-0.15, -0.1) is 0 Å². The zero-order valence-electron chi connectivity index (χ0n) is 13.6. The number of nitrogens with zero attached hydrogens (tertiary/aromatic N) is 1. The number of carbonyl (C=O) groups excluding carboxylic acids is 1. The van der Waals surface area contributed by atoms with Gasteiger partial charge in [0.15, 0.2) is 5.78 Å². The number of methoxy groups -OCH3 is 1. The molecule has 0 bridgehead atoms. The van der Waals surface area contributed by atoms with E-state index in [9.17, 15) is 15.0 Å². The number of phenols is 2. The molecule has 0 radical (unpaired) electrons. The fraction of sp³-hybridized carbons (Fsp3) is 0.100. The van der Waals surface area contributed by atoms with Crippen molar-refractivity contribution in [1.29, 1.82) is 0 Å². The van der Waals surface area contributed by atoms with Gasteiger partial charge in [-0.1, -0.05) is 24.3 Å². The number of carbonyl (C=O) groups is 1. The maximum atomic E-state index is 12.3. The summed E-state index contributed by atoms with van der Waals surface area (Å²) in [4.78, 5) is 16.4. The Kier molecular flexibility index (Phi) is 4.66. The van der Waals surface area contributed by atoms with Crippen LogP contribution in [0.1, 0.15) is 15.9 Å². The normalized spacial score (nSPS) is 11.1. The highest BCUT2D eigenvalue weighted by Crippen LogP contribution is 2.25. The number of rotatable bonds is 5. The molecular formula is C20H17NO4. The van der Waals surface area contributed by atoms with Crippen LogP contribution in [-0.2, 0) is 0 Å². The second-order valence-electron chi connectivity index (χ2n) is 5.53. The molecule has 3 rings (SSSR count). The molecule has 0 unspecified atom stereocenters. The van der Waals surface area contributed by atoms with Gasteiger partial charge in [-0.3, -0.25) is 9.79 Å². The number of Topliss-reactive ketones (excluding diaryl/α,β-unsaturated/α-hetero) is 1. The molecule has 3 aromatic carbocycles. The Balaban J connectivity index is 1.80. The third kappa shape index (κ3) is 3.61. The Morgan fingerprint density at radius 1 is 1.04 bits per heavy atom. The average molecular weight is 335 g/mol. The molecule has 0 aliphatic carbocycles. The standard InChI is InChI=1S/C20H17NO4/c1-25-16-6-7-18(22)15(8-16)11-21-12-20(24)17-9-13-4-2-3-5-14(13)10-19(17)23/h2-11,22-23H,12H2,1H3. The summed E-state index contributed by atoms with van der Waals surface area (Å²) in [6.07, 6.45) is 1.41. The molecule has 0 aliphatic rings. The summed E-state index contributed by atoms with van der Waals surface area (Å²) in [7, 11) is 1.53. The van der Waals surface area contributed by atoms with Crippen molar-refractivity contribution in [2.45, 2.75) is 0 Å². The molecule has 0 fully saturated rings. The van der Waals surface area contributed by atoms with Gasteiger partial charge in [0, 0.05) is 11.8 Å². The SMILES string of the molecule is COc1ccc(O)c(C=NCC(=O)c2cc3ccccc3cc2O)c1. The third-order valence-electron chi connectivity index (χ3n) is 3.86. The first kappa shape index (κ1) is 16.5. The Labute approximate surface area is 144 Å². The fourth-order valence-corrected chi connectivity index (χ4v) is 2.53. The van der Waals surface area contributed by atoms with Gasteiger partial charge >= 0.3 is 0 Å². The van der Waals surface area contributed by atoms with E-state index in [0.29, 0.717) is 11.3 Å². The maximum Gasteiger partial charge on any atom is 0.187 e. The number of aromatic hydroxyl groups is 2. The number of hydrogen-bond acceptors (Lipinski definition) is 5. The number of hydrogen-bond donors (Lipinski definition) is 2. The van der Waals surface area contributed by atoms with E-state index >= 15 is 0 Å². The molecular weight excluding hydrogens is 318 g/mol. The number of ketones is 1. The summed E-state index contributed by atoms with van der Waals surface area (Å²) < 4.78 is 5.09. The van der Waals surface area contributed by atoms with Crippen molar-refractivity contribution < 1.29 is 19.7 Å². The van der Waals surface area contributed by atoms with Crippen molar-refractivity contribution in [2.75, 3.05) is 13.7 Å². The zero-order chi connectivity index (χ0) is 17.8. The summed E-state index contributed by atoms with van der Waals surface area (Å²) in [6, 6.07) is 15.5. The summed E-state index contributed by atoms with van der Waals surface area (Å²) in [5.74, 6) is 0.258. The van der Waals surface area contributed by atoms with Crippen molar-refractivity contribution in [3.05, 3.63) is 65.7 Å². The second kappa shape index (κ2) is 7.05. The van der Waals surface area contributed by atoms with Crippen LogP contribution in [0.3, 0.4) is 0 Å². The first-order chi connectivity index (χ1) is 12.1. The van der Waals surface area contributed by atoms with E-state index in [-0.39, 0.29) is 29.4 Å². The molecule has 0 saturated carbocycles. The summed E-state index contributed by atoms with van der Waals surface area (Å²) in [5, 5.41) is 21.6. The summed E-state index contributed by atoms with van der Waals surface area (Å²) in [6.45, 7) is -0.136. The number of aliphatic imine (C=N–C) groups is 1. The predicted octanol–water partition coefficient (Wildman–Crippen LogP) is 3.56. The molecule has 5 nitrogen and oxygen atoms in total. The van der Waals surface area contributed by atoms with Crippen LogP contribution in [0.15, 0.2) is 59.6 Å². The smallest absolute Gasteiger partial charge is 0.187 e. The molecule has 0 aliphatic heterocycles. The third-order valence-corrected chi connectivity index (χ3v) is 3.86. The highest BCUT2D eigenvalue weighted by atomic mass is 16.5. The van der Waals surface area contributed by atoms with Crippen LogP contribution in [0.4, 0.5) is 0 Å². The lowest BCUT2D eigenvalue weighted by Gasteiger charge is -2.05. The van der Waals surface area contributed by atoms with E-state index in [4.69, 9.17) is 4.74 Å². The van der Waals surface area contributed by atoms with Crippen LogP contribution in [0.2, 0.25) is 0 Å². The molecule has 0 saturated heterocycles. The van der Waals surface area contributed by atoms with Gasteiger partial charge in [-0.25, -0.2) is 0 Å². The molecule has 0 amide bonds. The first-order valence-corrected chi connectivity index (χ1v) is 7.70.